The summed E-state index contributed by atoms with van der Waals surface area (Å²) >= 11 is 0. The highest BCUT2D eigenvalue weighted by Crippen LogP contribution is 2.24. The zero-order valence-corrected chi connectivity index (χ0v) is 16.2. The molecule has 1 amide bonds. The van der Waals surface area contributed by atoms with Crippen molar-refractivity contribution in [3.63, 3.8) is 0 Å². The highest BCUT2D eigenvalue weighted by atomic mass is 16.5. The molecule has 0 unspecified atom stereocenters. The molecular formula is C19H26N6O2. The third-order valence-corrected chi connectivity index (χ3v) is 5.38. The van der Waals surface area contributed by atoms with Crippen molar-refractivity contribution in [1.29, 1.82) is 0 Å². The van der Waals surface area contributed by atoms with E-state index in [0.717, 1.165) is 43.6 Å². The predicted octanol–water partition coefficient (Wildman–Crippen LogP) is 1.95. The van der Waals surface area contributed by atoms with Crippen LogP contribution in [0, 0.1) is 20.8 Å². The lowest BCUT2D eigenvalue weighted by atomic mass is 10.1. The van der Waals surface area contributed by atoms with Crippen molar-refractivity contribution in [2.75, 3.05) is 49.1 Å². The van der Waals surface area contributed by atoms with Gasteiger partial charge in [0.15, 0.2) is 0 Å². The zero-order valence-electron chi connectivity index (χ0n) is 16.2. The van der Waals surface area contributed by atoms with Crippen LogP contribution < -0.4 is 9.80 Å². The molecular weight excluding hydrogens is 344 g/mol. The molecule has 0 radical (unpaired) electrons. The average Bonchev–Trinajstić information content (AvgIpc) is 3.31. The molecule has 0 aliphatic carbocycles. The Hall–Kier alpha value is -2.64. The third kappa shape index (κ3) is 3.48. The van der Waals surface area contributed by atoms with Crippen molar-refractivity contribution in [2.45, 2.75) is 33.6 Å². The van der Waals surface area contributed by atoms with E-state index in [0.29, 0.717) is 30.1 Å². The van der Waals surface area contributed by atoms with Crippen LogP contribution in [-0.2, 0) is 0 Å². The van der Waals surface area contributed by atoms with Crippen LogP contribution >= 0.6 is 0 Å². The van der Waals surface area contributed by atoms with Crippen LogP contribution in [0.5, 0.6) is 0 Å². The lowest BCUT2D eigenvalue weighted by Crippen LogP contribution is -2.49. The Labute approximate surface area is 159 Å². The number of nitrogens with zero attached hydrogens (tertiary/aromatic N) is 6. The highest BCUT2D eigenvalue weighted by Gasteiger charge is 2.27. The normalized spacial score (nSPS) is 17.7. The number of hydrogen-bond donors (Lipinski definition) is 0. The summed E-state index contributed by atoms with van der Waals surface area (Å²) in [5, 5.41) is 3.90. The van der Waals surface area contributed by atoms with Crippen LogP contribution in [-0.4, -0.2) is 65.2 Å². The van der Waals surface area contributed by atoms with Gasteiger partial charge < -0.3 is 19.2 Å². The van der Waals surface area contributed by atoms with Crippen LogP contribution in [0.1, 0.15) is 40.5 Å². The molecule has 2 aliphatic heterocycles. The molecule has 0 spiro atoms. The third-order valence-electron chi connectivity index (χ3n) is 5.38. The lowest BCUT2D eigenvalue weighted by Gasteiger charge is -2.35. The second kappa shape index (κ2) is 7.17. The Kier molecular flexibility index (Phi) is 4.72. The molecule has 144 valence electrons. The molecule has 0 N–H and O–H groups in total. The number of carbonyl (C=O) groups excluding carboxylic acids is 1. The average molecular weight is 370 g/mol. The van der Waals surface area contributed by atoms with E-state index in [1.54, 1.807) is 6.92 Å². The van der Waals surface area contributed by atoms with Gasteiger partial charge >= 0.3 is 0 Å². The van der Waals surface area contributed by atoms with Gasteiger partial charge in [0.05, 0.1) is 5.69 Å². The standard InChI is InChI=1S/C19H26N6O2/c1-13-18(14(2)27-22-13)19(26)25-10-8-24(9-11-25)17-12-16(20-15(3)21-17)23-6-4-5-7-23/h12H,4-11H2,1-3H3. The number of aromatic nitrogens is 3. The molecule has 4 heterocycles. The van der Waals surface area contributed by atoms with Gasteiger partial charge in [-0.3, -0.25) is 4.79 Å². The van der Waals surface area contributed by atoms with Crippen molar-refractivity contribution in [3.05, 3.63) is 28.9 Å². The Morgan fingerprint density at radius 2 is 1.52 bits per heavy atom. The van der Waals surface area contributed by atoms with Crippen molar-refractivity contribution < 1.29 is 9.32 Å². The van der Waals surface area contributed by atoms with Gasteiger partial charge in [0.1, 0.15) is 28.8 Å². The first-order valence-corrected chi connectivity index (χ1v) is 9.60. The number of carbonyl (C=O) groups is 1. The molecule has 0 aromatic carbocycles. The molecule has 0 atom stereocenters. The van der Waals surface area contributed by atoms with E-state index in [-0.39, 0.29) is 5.91 Å². The van der Waals surface area contributed by atoms with Gasteiger partial charge in [-0.2, -0.15) is 0 Å². The van der Waals surface area contributed by atoms with Crippen LogP contribution in [0.25, 0.3) is 0 Å². The lowest BCUT2D eigenvalue weighted by molar-refractivity contribution is 0.0744. The Bertz CT molecular complexity index is 815. The quantitative estimate of drug-likeness (QED) is 0.817. The number of amides is 1. The molecule has 2 aliphatic rings. The van der Waals surface area contributed by atoms with Gasteiger partial charge in [0.25, 0.3) is 5.91 Å². The predicted molar refractivity (Wildman–Crippen MR) is 102 cm³/mol. The summed E-state index contributed by atoms with van der Waals surface area (Å²) in [6.07, 6.45) is 2.45. The molecule has 0 saturated carbocycles. The largest absolute Gasteiger partial charge is 0.361 e. The monoisotopic (exact) mass is 370 g/mol. The topological polar surface area (TPSA) is 78.6 Å². The summed E-state index contributed by atoms with van der Waals surface area (Å²) in [6, 6.07) is 2.09. The second-order valence-corrected chi connectivity index (χ2v) is 7.30. The van der Waals surface area contributed by atoms with Crippen LogP contribution in [0.15, 0.2) is 10.6 Å². The van der Waals surface area contributed by atoms with Gasteiger partial charge in [0.2, 0.25) is 0 Å². The maximum absolute atomic E-state index is 12.8. The summed E-state index contributed by atoms with van der Waals surface area (Å²) in [5.74, 6) is 3.35. The van der Waals surface area contributed by atoms with Crippen LogP contribution in [0.3, 0.4) is 0 Å². The fourth-order valence-electron chi connectivity index (χ4n) is 3.89. The van der Waals surface area contributed by atoms with Crippen molar-refractivity contribution >= 4 is 17.5 Å². The van der Waals surface area contributed by atoms with E-state index in [1.165, 1.54) is 12.8 Å². The number of anilines is 2. The zero-order chi connectivity index (χ0) is 19.0. The number of hydrogen-bond acceptors (Lipinski definition) is 7. The summed E-state index contributed by atoms with van der Waals surface area (Å²) in [6.45, 7) is 10.5. The van der Waals surface area contributed by atoms with Crippen LogP contribution in [0.2, 0.25) is 0 Å². The van der Waals surface area contributed by atoms with Crippen molar-refractivity contribution in [1.82, 2.24) is 20.0 Å². The molecule has 8 nitrogen and oxygen atoms in total. The minimum atomic E-state index is 0.00234. The van der Waals surface area contributed by atoms with E-state index < -0.39 is 0 Å². The summed E-state index contributed by atoms with van der Waals surface area (Å²) in [4.78, 5) is 28.5. The van der Waals surface area contributed by atoms with Crippen LogP contribution in [0.4, 0.5) is 11.6 Å². The maximum Gasteiger partial charge on any atom is 0.259 e. The summed E-state index contributed by atoms with van der Waals surface area (Å²) in [7, 11) is 0. The number of piperazine rings is 1. The molecule has 4 rings (SSSR count). The van der Waals surface area contributed by atoms with E-state index >= 15 is 0 Å². The first-order valence-electron chi connectivity index (χ1n) is 9.60. The van der Waals surface area contributed by atoms with Gasteiger partial charge in [-0.25, -0.2) is 9.97 Å². The SMILES string of the molecule is Cc1nc(N2CCCC2)cc(N2CCN(C(=O)c3c(C)noc3C)CC2)n1. The number of aryl methyl sites for hydroxylation is 3. The Morgan fingerprint density at radius 3 is 2.07 bits per heavy atom. The molecule has 8 heteroatoms. The first-order chi connectivity index (χ1) is 13.0. The minimum Gasteiger partial charge on any atom is -0.361 e. The van der Waals surface area contributed by atoms with Gasteiger partial charge in [-0.15, -0.1) is 0 Å². The molecule has 2 saturated heterocycles. The maximum atomic E-state index is 12.8. The van der Waals surface area contributed by atoms with Gasteiger partial charge in [0, 0.05) is 45.3 Å². The fourth-order valence-corrected chi connectivity index (χ4v) is 3.89. The summed E-state index contributed by atoms with van der Waals surface area (Å²) in [5.41, 5.74) is 1.25. The Morgan fingerprint density at radius 1 is 0.926 bits per heavy atom. The van der Waals surface area contributed by atoms with E-state index in [9.17, 15) is 4.79 Å². The van der Waals surface area contributed by atoms with Crippen molar-refractivity contribution in [3.8, 4) is 0 Å². The molecule has 27 heavy (non-hydrogen) atoms. The van der Waals surface area contributed by atoms with E-state index in [1.807, 2.05) is 18.7 Å². The van der Waals surface area contributed by atoms with Crippen molar-refractivity contribution in [2.24, 2.45) is 0 Å². The molecule has 2 aromatic heterocycles. The fraction of sp³-hybridized carbons (Fsp3) is 0.579. The summed E-state index contributed by atoms with van der Waals surface area (Å²) < 4.78 is 5.14. The van der Waals surface area contributed by atoms with Gasteiger partial charge in [-0.05, 0) is 33.6 Å². The second-order valence-electron chi connectivity index (χ2n) is 7.30. The highest BCUT2D eigenvalue weighted by molar-refractivity contribution is 5.96. The molecule has 0 bridgehead atoms. The Balaban J connectivity index is 1.45. The molecule has 2 fully saturated rings. The smallest absolute Gasteiger partial charge is 0.259 e. The van der Waals surface area contributed by atoms with E-state index in [2.05, 4.69) is 31.0 Å². The van der Waals surface area contributed by atoms with E-state index in [4.69, 9.17) is 4.52 Å². The van der Waals surface area contributed by atoms with Gasteiger partial charge in [-0.1, -0.05) is 5.16 Å². The minimum absolute atomic E-state index is 0.00234. The molecule has 2 aromatic rings. The number of rotatable bonds is 3. The first kappa shape index (κ1) is 17.8.